The molecule has 0 aromatic heterocycles. The lowest BCUT2D eigenvalue weighted by atomic mass is 10.1. The molecule has 0 aliphatic heterocycles. The minimum Gasteiger partial charge on any atom is -0.497 e. The largest absolute Gasteiger partial charge is 0.497 e. The zero-order chi connectivity index (χ0) is 18.4. The second-order valence-corrected chi connectivity index (χ2v) is 5.77. The SMILES string of the molecule is COc1ccc(OC)c(NC(=O)C(C)N(C)Cc2ccc(F)cc2)c1. The summed E-state index contributed by atoms with van der Waals surface area (Å²) < 4.78 is 23.4. The maximum atomic E-state index is 13.0. The summed E-state index contributed by atoms with van der Waals surface area (Å²) >= 11 is 0. The van der Waals surface area contributed by atoms with E-state index >= 15 is 0 Å². The van der Waals surface area contributed by atoms with Crippen molar-refractivity contribution in [3.63, 3.8) is 0 Å². The zero-order valence-corrected chi connectivity index (χ0v) is 14.9. The van der Waals surface area contributed by atoms with E-state index in [9.17, 15) is 9.18 Å². The molecular formula is C19H23FN2O3. The second-order valence-electron chi connectivity index (χ2n) is 5.77. The first kappa shape index (κ1) is 18.7. The van der Waals surface area contributed by atoms with E-state index in [4.69, 9.17) is 9.47 Å². The summed E-state index contributed by atoms with van der Waals surface area (Å²) in [7, 11) is 4.95. The van der Waals surface area contributed by atoms with Gasteiger partial charge in [0, 0.05) is 12.6 Å². The van der Waals surface area contributed by atoms with Crippen molar-refractivity contribution in [1.82, 2.24) is 4.90 Å². The topological polar surface area (TPSA) is 50.8 Å². The van der Waals surface area contributed by atoms with E-state index in [-0.39, 0.29) is 17.8 Å². The summed E-state index contributed by atoms with van der Waals surface area (Å²) in [5.41, 5.74) is 1.48. The van der Waals surface area contributed by atoms with Gasteiger partial charge in [-0.2, -0.15) is 0 Å². The number of hydrogen-bond acceptors (Lipinski definition) is 4. The summed E-state index contributed by atoms with van der Waals surface area (Å²) in [4.78, 5) is 14.4. The highest BCUT2D eigenvalue weighted by Crippen LogP contribution is 2.29. The highest BCUT2D eigenvalue weighted by Gasteiger charge is 2.20. The number of ether oxygens (including phenoxy) is 2. The fourth-order valence-corrected chi connectivity index (χ4v) is 2.36. The zero-order valence-electron chi connectivity index (χ0n) is 14.9. The van der Waals surface area contributed by atoms with E-state index < -0.39 is 0 Å². The first-order chi connectivity index (χ1) is 11.9. The fraction of sp³-hybridized carbons (Fsp3) is 0.316. The van der Waals surface area contributed by atoms with Crippen LogP contribution in [0.25, 0.3) is 0 Å². The second kappa shape index (κ2) is 8.48. The van der Waals surface area contributed by atoms with Gasteiger partial charge in [-0.1, -0.05) is 12.1 Å². The number of amides is 1. The molecule has 0 aliphatic carbocycles. The summed E-state index contributed by atoms with van der Waals surface area (Å²) in [6.45, 7) is 2.34. The maximum absolute atomic E-state index is 13.0. The summed E-state index contributed by atoms with van der Waals surface area (Å²) in [5, 5.41) is 2.87. The van der Waals surface area contributed by atoms with Gasteiger partial charge >= 0.3 is 0 Å². The van der Waals surface area contributed by atoms with Crippen molar-refractivity contribution in [1.29, 1.82) is 0 Å². The van der Waals surface area contributed by atoms with Gasteiger partial charge in [-0.05, 0) is 43.8 Å². The molecule has 5 nitrogen and oxygen atoms in total. The number of nitrogens with one attached hydrogen (secondary N) is 1. The average Bonchev–Trinajstić information content (AvgIpc) is 2.62. The van der Waals surface area contributed by atoms with Gasteiger partial charge in [-0.25, -0.2) is 4.39 Å². The molecule has 0 fully saturated rings. The number of likely N-dealkylation sites (N-methyl/N-ethyl adjacent to an activating group) is 1. The van der Waals surface area contributed by atoms with Gasteiger partial charge in [-0.3, -0.25) is 9.69 Å². The van der Waals surface area contributed by atoms with Crippen molar-refractivity contribution in [3.05, 3.63) is 53.8 Å². The lowest BCUT2D eigenvalue weighted by molar-refractivity contribution is -0.120. The van der Waals surface area contributed by atoms with E-state index in [1.807, 2.05) is 18.9 Å². The molecule has 134 valence electrons. The molecule has 1 N–H and O–H groups in total. The molecule has 0 aliphatic rings. The fourth-order valence-electron chi connectivity index (χ4n) is 2.36. The van der Waals surface area contributed by atoms with E-state index in [2.05, 4.69) is 5.32 Å². The molecule has 0 saturated heterocycles. The summed E-state index contributed by atoms with van der Waals surface area (Å²) in [6.07, 6.45) is 0. The quantitative estimate of drug-likeness (QED) is 0.836. The highest BCUT2D eigenvalue weighted by molar-refractivity contribution is 5.96. The molecule has 6 heteroatoms. The molecule has 2 aromatic carbocycles. The molecule has 0 saturated carbocycles. The molecule has 2 rings (SSSR count). The van der Waals surface area contributed by atoms with Gasteiger partial charge in [0.15, 0.2) is 0 Å². The van der Waals surface area contributed by atoms with Crippen LogP contribution in [0, 0.1) is 5.82 Å². The van der Waals surface area contributed by atoms with Crippen molar-refractivity contribution < 1.29 is 18.7 Å². The Balaban J connectivity index is 2.05. The molecule has 0 heterocycles. The Kier molecular flexibility index (Phi) is 6.36. The van der Waals surface area contributed by atoms with Crippen LogP contribution in [0.4, 0.5) is 10.1 Å². The molecule has 0 spiro atoms. The maximum Gasteiger partial charge on any atom is 0.241 e. The molecule has 2 aromatic rings. The van der Waals surface area contributed by atoms with E-state index in [0.29, 0.717) is 23.7 Å². The number of carbonyl (C=O) groups excluding carboxylic acids is 1. The number of halogens is 1. The Morgan fingerprint density at radius 2 is 1.84 bits per heavy atom. The first-order valence-corrected chi connectivity index (χ1v) is 7.92. The Bertz CT molecular complexity index is 719. The predicted molar refractivity (Wildman–Crippen MR) is 95.5 cm³/mol. The van der Waals surface area contributed by atoms with Gasteiger partial charge in [0.2, 0.25) is 5.91 Å². The van der Waals surface area contributed by atoms with Crippen LogP contribution in [-0.4, -0.2) is 38.1 Å². The molecular weight excluding hydrogens is 323 g/mol. The standard InChI is InChI=1S/C19H23FN2O3/c1-13(22(2)12-14-5-7-15(20)8-6-14)19(23)21-17-11-16(24-3)9-10-18(17)25-4/h5-11,13H,12H2,1-4H3,(H,21,23). The molecule has 1 amide bonds. The van der Waals surface area contributed by atoms with Crippen molar-refractivity contribution in [2.75, 3.05) is 26.6 Å². The Labute approximate surface area is 147 Å². The predicted octanol–water partition coefficient (Wildman–Crippen LogP) is 3.30. The van der Waals surface area contributed by atoms with Crippen LogP contribution in [0.5, 0.6) is 11.5 Å². The summed E-state index contributed by atoms with van der Waals surface area (Å²) in [6, 6.07) is 11.1. The smallest absolute Gasteiger partial charge is 0.241 e. The molecule has 0 radical (unpaired) electrons. The van der Waals surface area contributed by atoms with Crippen LogP contribution in [0.1, 0.15) is 12.5 Å². The number of methoxy groups -OCH3 is 2. The van der Waals surface area contributed by atoms with Crippen molar-refractivity contribution in [3.8, 4) is 11.5 Å². The van der Waals surface area contributed by atoms with Crippen molar-refractivity contribution in [2.45, 2.75) is 19.5 Å². The van der Waals surface area contributed by atoms with E-state index in [1.54, 1.807) is 44.6 Å². The van der Waals surface area contributed by atoms with Gasteiger partial charge in [0.05, 0.1) is 25.9 Å². The van der Waals surface area contributed by atoms with E-state index in [0.717, 1.165) is 5.56 Å². The Morgan fingerprint density at radius 1 is 1.16 bits per heavy atom. The minimum atomic E-state index is -0.388. The number of rotatable bonds is 7. The molecule has 0 bridgehead atoms. The van der Waals surface area contributed by atoms with Crippen LogP contribution in [0.15, 0.2) is 42.5 Å². The monoisotopic (exact) mass is 346 g/mol. The number of nitrogens with zero attached hydrogens (tertiary/aromatic N) is 1. The van der Waals surface area contributed by atoms with Crippen molar-refractivity contribution >= 4 is 11.6 Å². The third-order valence-electron chi connectivity index (χ3n) is 4.05. The third kappa shape index (κ3) is 4.93. The lowest BCUT2D eigenvalue weighted by Gasteiger charge is -2.24. The average molecular weight is 346 g/mol. The van der Waals surface area contributed by atoms with Gasteiger partial charge < -0.3 is 14.8 Å². The molecule has 25 heavy (non-hydrogen) atoms. The van der Waals surface area contributed by atoms with Crippen LogP contribution in [0.3, 0.4) is 0 Å². The van der Waals surface area contributed by atoms with Crippen LogP contribution >= 0.6 is 0 Å². The van der Waals surface area contributed by atoms with Gasteiger partial charge in [-0.15, -0.1) is 0 Å². The van der Waals surface area contributed by atoms with E-state index in [1.165, 1.54) is 12.1 Å². The highest BCUT2D eigenvalue weighted by atomic mass is 19.1. The third-order valence-corrected chi connectivity index (χ3v) is 4.05. The number of anilines is 1. The van der Waals surface area contributed by atoms with Crippen LogP contribution < -0.4 is 14.8 Å². The van der Waals surface area contributed by atoms with Crippen molar-refractivity contribution in [2.24, 2.45) is 0 Å². The normalized spacial score (nSPS) is 11.9. The molecule has 1 atom stereocenters. The minimum absolute atomic E-state index is 0.170. The van der Waals surface area contributed by atoms with Crippen LogP contribution in [0.2, 0.25) is 0 Å². The van der Waals surface area contributed by atoms with Gasteiger partial charge in [0.1, 0.15) is 17.3 Å². The lowest BCUT2D eigenvalue weighted by Crippen LogP contribution is -2.39. The van der Waals surface area contributed by atoms with Gasteiger partial charge in [0.25, 0.3) is 0 Å². The number of benzene rings is 2. The molecule has 1 unspecified atom stereocenters. The first-order valence-electron chi connectivity index (χ1n) is 7.92. The Hall–Kier alpha value is -2.60. The van der Waals surface area contributed by atoms with Crippen LogP contribution in [-0.2, 0) is 11.3 Å². The number of hydrogen-bond donors (Lipinski definition) is 1. The summed E-state index contributed by atoms with van der Waals surface area (Å²) in [5.74, 6) is 0.740. The Morgan fingerprint density at radius 3 is 2.44 bits per heavy atom. The number of carbonyl (C=O) groups is 1.